The Morgan fingerprint density at radius 2 is 2.06 bits per heavy atom. The zero-order chi connectivity index (χ0) is 12.1. The van der Waals surface area contributed by atoms with Crippen LogP contribution >= 0.6 is 0 Å². The average Bonchev–Trinajstić information content (AvgIpc) is 2.55. The van der Waals surface area contributed by atoms with Gasteiger partial charge in [0.1, 0.15) is 6.04 Å². The maximum absolute atomic E-state index is 11.6. The first-order valence-corrected chi connectivity index (χ1v) is 5.68. The molecule has 1 saturated heterocycles. The molecule has 1 N–H and O–H groups in total. The molecule has 1 amide bonds. The normalized spacial score (nSPS) is 24.4. The van der Waals surface area contributed by atoms with Gasteiger partial charge in [0.15, 0.2) is 0 Å². The monoisotopic (exact) mass is 230 g/mol. The van der Waals surface area contributed by atoms with Crippen molar-refractivity contribution in [3.63, 3.8) is 0 Å². The highest BCUT2D eigenvalue weighted by Crippen LogP contribution is 2.24. The predicted molar refractivity (Wildman–Crippen MR) is 64.4 cm³/mol. The Morgan fingerprint density at radius 3 is 2.76 bits per heavy atom. The number of nitrogens with one attached hydrogen (secondary N) is 1. The number of amides is 1. The Hall–Kier alpha value is -2.00. The Labute approximate surface area is 99.5 Å². The van der Waals surface area contributed by atoms with Gasteiger partial charge in [-0.25, -0.2) is 0 Å². The van der Waals surface area contributed by atoms with Gasteiger partial charge in [-0.05, 0) is 23.9 Å². The number of azide groups is 1. The van der Waals surface area contributed by atoms with Crippen LogP contribution in [-0.4, -0.2) is 18.5 Å². The smallest absolute Gasteiger partial charge is 0.229 e. The second-order valence-electron chi connectivity index (χ2n) is 4.15. The Balaban J connectivity index is 2.10. The van der Waals surface area contributed by atoms with Crippen LogP contribution in [0.25, 0.3) is 10.4 Å². The van der Waals surface area contributed by atoms with E-state index in [4.69, 9.17) is 5.53 Å². The van der Waals surface area contributed by atoms with Crippen molar-refractivity contribution in [2.24, 2.45) is 5.11 Å². The summed E-state index contributed by atoms with van der Waals surface area (Å²) >= 11 is 0. The Kier molecular flexibility index (Phi) is 3.62. The van der Waals surface area contributed by atoms with Crippen LogP contribution in [0.1, 0.15) is 24.3 Å². The van der Waals surface area contributed by atoms with Gasteiger partial charge in [-0.3, -0.25) is 4.79 Å². The summed E-state index contributed by atoms with van der Waals surface area (Å²) in [4.78, 5) is 14.3. The van der Waals surface area contributed by atoms with Crippen LogP contribution in [0.2, 0.25) is 0 Å². The number of hydrogen-bond acceptors (Lipinski definition) is 2. The van der Waals surface area contributed by atoms with E-state index in [2.05, 4.69) is 27.5 Å². The van der Waals surface area contributed by atoms with Crippen molar-refractivity contribution in [3.05, 3.63) is 46.3 Å². The largest absolute Gasteiger partial charge is 0.355 e. The molecule has 1 aliphatic heterocycles. The van der Waals surface area contributed by atoms with Crippen LogP contribution in [0.15, 0.2) is 35.4 Å². The molecular weight excluding hydrogens is 216 g/mol. The number of rotatable bonds is 2. The van der Waals surface area contributed by atoms with E-state index < -0.39 is 6.04 Å². The minimum absolute atomic E-state index is 0.166. The lowest BCUT2D eigenvalue weighted by molar-refractivity contribution is -0.122. The van der Waals surface area contributed by atoms with Crippen molar-refractivity contribution in [2.75, 3.05) is 6.54 Å². The van der Waals surface area contributed by atoms with E-state index in [0.29, 0.717) is 18.9 Å². The average molecular weight is 230 g/mol. The summed E-state index contributed by atoms with van der Waals surface area (Å²) in [6, 6.07) is 9.52. The highest BCUT2D eigenvalue weighted by molar-refractivity contribution is 5.82. The molecule has 1 fully saturated rings. The standard InChI is InChI=1S/C12H14N4O/c13-16-15-11-7-6-10(8-14-12(11)17)9-4-2-1-3-5-9/h1-5,10-11H,6-8H2,(H,14,17)/t10-,11-/m1/s1. The molecule has 0 spiro atoms. The summed E-state index contributed by atoms with van der Waals surface area (Å²) in [7, 11) is 0. The van der Waals surface area contributed by atoms with Gasteiger partial charge in [0.05, 0.1) is 0 Å². The first-order chi connectivity index (χ1) is 8.31. The number of hydrogen-bond donors (Lipinski definition) is 1. The maximum Gasteiger partial charge on any atom is 0.229 e. The minimum Gasteiger partial charge on any atom is -0.355 e. The van der Waals surface area contributed by atoms with Crippen LogP contribution in [0.3, 0.4) is 0 Å². The van der Waals surface area contributed by atoms with Gasteiger partial charge in [0, 0.05) is 17.4 Å². The summed E-state index contributed by atoms with van der Waals surface area (Å²) in [6.07, 6.45) is 1.46. The topological polar surface area (TPSA) is 77.9 Å². The maximum atomic E-state index is 11.6. The minimum atomic E-state index is -0.561. The van der Waals surface area contributed by atoms with E-state index >= 15 is 0 Å². The molecule has 2 rings (SSSR count). The van der Waals surface area contributed by atoms with Gasteiger partial charge in [0.2, 0.25) is 5.91 Å². The number of nitrogens with zero attached hydrogens (tertiary/aromatic N) is 3. The van der Waals surface area contributed by atoms with Crippen LogP contribution in [0, 0.1) is 0 Å². The molecule has 0 aliphatic carbocycles. The fraction of sp³-hybridized carbons (Fsp3) is 0.417. The highest BCUT2D eigenvalue weighted by Gasteiger charge is 2.24. The molecule has 0 unspecified atom stereocenters. The van der Waals surface area contributed by atoms with Crippen molar-refractivity contribution in [1.82, 2.24) is 5.32 Å². The van der Waals surface area contributed by atoms with Gasteiger partial charge in [-0.15, -0.1) is 0 Å². The lowest BCUT2D eigenvalue weighted by Crippen LogP contribution is -2.32. The summed E-state index contributed by atoms with van der Waals surface area (Å²) in [5.41, 5.74) is 9.61. The van der Waals surface area contributed by atoms with Crippen LogP contribution in [0.4, 0.5) is 0 Å². The molecule has 1 aliphatic rings. The zero-order valence-corrected chi connectivity index (χ0v) is 9.41. The van der Waals surface area contributed by atoms with Crippen molar-refractivity contribution in [1.29, 1.82) is 0 Å². The zero-order valence-electron chi connectivity index (χ0n) is 9.41. The van der Waals surface area contributed by atoms with Gasteiger partial charge in [-0.2, -0.15) is 0 Å². The Morgan fingerprint density at radius 1 is 1.29 bits per heavy atom. The molecule has 1 aromatic rings. The molecular formula is C12H14N4O. The van der Waals surface area contributed by atoms with Gasteiger partial charge in [0.25, 0.3) is 0 Å². The molecule has 5 nitrogen and oxygen atoms in total. The molecule has 17 heavy (non-hydrogen) atoms. The number of carbonyl (C=O) groups excluding carboxylic acids is 1. The molecule has 1 aromatic carbocycles. The molecule has 2 atom stereocenters. The first kappa shape index (κ1) is 11.5. The molecule has 5 heteroatoms. The molecule has 0 aromatic heterocycles. The third-order valence-corrected chi connectivity index (χ3v) is 3.08. The lowest BCUT2D eigenvalue weighted by atomic mass is 9.94. The van der Waals surface area contributed by atoms with Crippen molar-refractivity contribution < 1.29 is 4.79 Å². The molecule has 0 bridgehead atoms. The SMILES string of the molecule is [N-]=[N+]=N[C@@H]1CC[C@@H](c2ccccc2)CNC1=O. The van der Waals surface area contributed by atoms with Crippen LogP contribution < -0.4 is 5.32 Å². The van der Waals surface area contributed by atoms with Crippen molar-refractivity contribution in [3.8, 4) is 0 Å². The third-order valence-electron chi connectivity index (χ3n) is 3.08. The number of carbonyl (C=O) groups is 1. The first-order valence-electron chi connectivity index (χ1n) is 5.68. The van der Waals surface area contributed by atoms with Crippen molar-refractivity contribution >= 4 is 5.91 Å². The summed E-state index contributed by atoms with van der Waals surface area (Å²) in [5.74, 6) is 0.139. The highest BCUT2D eigenvalue weighted by atomic mass is 16.2. The van der Waals surface area contributed by atoms with Crippen LogP contribution in [0.5, 0.6) is 0 Å². The number of benzene rings is 1. The quantitative estimate of drug-likeness (QED) is 0.472. The second-order valence-corrected chi connectivity index (χ2v) is 4.15. The molecule has 88 valence electrons. The van der Waals surface area contributed by atoms with E-state index in [-0.39, 0.29) is 5.91 Å². The van der Waals surface area contributed by atoms with Gasteiger partial charge < -0.3 is 5.32 Å². The lowest BCUT2D eigenvalue weighted by Gasteiger charge is -2.13. The molecule has 0 radical (unpaired) electrons. The Bertz CT molecular complexity index is 439. The second kappa shape index (κ2) is 5.37. The summed E-state index contributed by atoms with van der Waals surface area (Å²) in [6.45, 7) is 0.611. The predicted octanol–water partition coefficient (Wildman–Crippen LogP) is 2.36. The van der Waals surface area contributed by atoms with Gasteiger partial charge >= 0.3 is 0 Å². The van der Waals surface area contributed by atoms with E-state index in [1.165, 1.54) is 5.56 Å². The summed E-state index contributed by atoms with van der Waals surface area (Å²) in [5, 5.41) is 6.35. The fourth-order valence-corrected chi connectivity index (χ4v) is 2.12. The molecule has 1 heterocycles. The van der Waals surface area contributed by atoms with Crippen LogP contribution in [-0.2, 0) is 4.79 Å². The van der Waals surface area contributed by atoms with E-state index in [1.54, 1.807) is 0 Å². The van der Waals surface area contributed by atoms with E-state index in [0.717, 1.165) is 6.42 Å². The van der Waals surface area contributed by atoms with E-state index in [9.17, 15) is 4.79 Å². The van der Waals surface area contributed by atoms with Gasteiger partial charge in [-0.1, -0.05) is 35.4 Å². The fourth-order valence-electron chi connectivity index (χ4n) is 2.12. The summed E-state index contributed by atoms with van der Waals surface area (Å²) < 4.78 is 0. The van der Waals surface area contributed by atoms with Crippen molar-refractivity contribution in [2.45, 2.75) is 24.8 Å². The third kappa shape index (κ3) is 2.77. The van der Waals surface area contributed by atoms with E-state index in [1.807, 2.05) is 18.2 Å². The molecule has 0 saturated carbocycles.